The topological polar surface area (TPSA) is 21.9 Å². The molecular weight excluding hydrogens is 98.1 g/mol. The molecule has 2 fully saturated rings. The predicted octanol–water partition coefficient (Wildman–Crippen LogP) is 1.00. The van der Waals surface area contributed by atoms with Crippen LogP contribution in [-0.4, -0.2) is 12.1 Å². The lowest BCUT2D eigenvalue weighted by atomic mass is 9.64. The Hall–Kier alpha value is -0.0400. The minimum Gasteiger partial charge on any atom is -0.307 e. The van der Waals surface area contributed by atoms with E-state index in [-0.39, 0.29) is 0 Å². The van der Waals surface area contributed by atoms with Crippen molar-refractivity contribution in [2.45, 2.75) is 32.9 Å². The average molecular weight is 111 g/mol. The standard InChI is InChI=1S/C7H13N/c1-4-5-6(8-5)7(4,2)3/h4-6,8H,1-3H3. The number of fused-ring (bicyclic) bond motifs is 1. The van der Waals surface area contributed by atoms with Crippen molar-refractivity contribution < 1.29 is 0 Å². The Morgan fingerprint density at radius 1 is 1.38 bits per heavy atom. The molecule has 1 aliphatic heterocycles. The van der Waals surface area contributed by atoms with Crippen molar-refractivity contribution in [3.8, 4) is 0 Å². The lowest BCUT2D eigenvalue weighted by Crippen LogP contribution is -2.42. The Kier molecular flexibility index (Phi) is 0.583. The molecule has 1 aliphatic carbocycles. The van der Waals surface area contributed by atoms with Gasteiger partial charge in [-0.2, -0.15) is 0 Å². The number of hydrogen-bond donors (Lipinski definition) is 1. The zero-order valence-electron chi connectivity index (χ0n) is 5.73. The Labute approximate surface area is 50.5 Å². The molecule has 8 heavy (non-hydrogen) atoms. The van der Waals surface area contributed by atoms with Gasteiger partial charge in [0.2, 0.25) is 0 Å². The van der Waals surface area contributed by atoms with Gasteiger partial charge in [0, 0.05) is 12.1 Å². The van der Waals surface area contributed by atoms with Crippen LogP contribution in [0.4, 0.5) is 0 Å². The summed E-state index contributed by atoms with van der Waals surface area (Å²) in [6, 6.07) is 1.77. The fourth-order valence-electron chi connectivity index (χ4n) is 1.89. The van der Waals surface area contributed by atoms with Crippen LogP contribution < -0.4 is 5.32 Å². The molecule has 2 aliphatic rings. The highest BCUT2D eigenvalue weighted by molar-refractivity contribution is 5.22. The normalized spacial score (nSPS) is 56.6. The summed E-state index contributed by atoms with van der Waals surface area (Å²) in [5.74, 6) is 0.910. The zero-order valence-corrected chi connectivity index (χ0v) is 5.73. The molecule has 0 radical (unpaired) electrons. The summed E-state index contributed by atoms with van der Waals surface area (Å²) in [5.41, 5.74) is 0.602. The number of hydrogen-bond acceptors (Lipinski definition) is 1. The van der Waals surface area contributed by atoms with E-state index in [0.717, 1.165) is 18.0 Å². The minimum atomic E-state index is 0.602. The highest BCUT2D eigenvalue weighted by atomic mass is 15.2. The van der Waals surface area contributed by atoms with E-state index < -0.39 is 0 Å². The molecule has 1 heterocycles. The van der Waals surface area contributed by atoms with Crippen molar-refractivity contribution in [3.05, 3.63) is 0 Å². The van der Waals surface area contributed by atoms with Gasteiger partial charge in [0.25, 0.3) is 0 Å². The van der Waals surface area contributed by atoms with Gasteiger partial charge in [0.05, 0.1) is 0 Å². The Bertz CT molecular complexity index is 128. The van der Waals surface area contributed by atoms with Crippen molar-refractivity contribution >= 4 is 0 Å². The van der Waals surface area contributed by atoms with Crippen molar-refractivity contribution in [2.24, 2.45) is 11.3 Å². The van der Waals surface area contributed by atoms with Crippen molar-refractivity contribution in [1.82, 2.24) is 5.32 Å². The van der Waals surface area contributed by atoms with E-state index in [0.29, 0.717) is 5.41 Å². The zero-order chi connectivity index (χ0) is 5.94. The van der Waals surface area contributed by atoms with Crippen LogP contribution in [0.15, 0.2) is 0 Å². The fourth-order valence-corrected chi connectivity index (χ4v) is 1.89. The van der Waals surface area contributed by atoms with E-state index in [4.69, 9.17) is 0 Å². The van der Waals surface area contributed by atoms with Crippen LogP contribution in [0, 0.1) is 11.3 Å². The Balaban J connectivity index is 2.18. The quantitative estimate of drug-likeness (QED) is 0.463. The maximum absolute atomic E-state index is 3.45. The first-order valence-corrected chi connectivity index (χ1v) is 3.40. The van der Waals surface area contributed by atoms with E-state index in [2.05, 4.69) is 26.1 Å². The molecule has 0 aromatic carbocycles. The minimum absolute atomic E-state index is 0.602. The lowest BCUT2D eigenvalue weighted by Gasteiger charge is -2.39. The molecule has 0 aromatic rings. The SMILES string of the molecule is CC1C2NC2C1(C)C. The molecule has 46 valence electrons. The molecule has 0 bridgehead atoms. The van der Waals surface area contributed by atoms with Gasteiger partial charge >= 0.3 is 0 Å². The molecule has 0 spiro atoms. The van der Waals surface area contributed by atoms with Crippen LogP contribution in [0.25, 0.3) is 0 Å². The molecule has 1 nitrogen and oxygen atoms in total. The number of rotatable bonds is 0. The van der Waals surface area contributed by atoms with Crippen LogP contribution in [0.5, 0.6) is 0 Å². The third-order valence-corrected chi connectivity index (χ3v) is 3.14. The van der Waals surface area contributed by atoms with Gasteiger partial charge in [-0.15, -0.1) is 0 Å². The van der Waals surface area contributed by atoms with Crippen LogP contribution in [-0.2, 0) is 0 Å². The second kappa shape index (κ2) is 0.971. The van der Waals surface area contributed by atoms with E-state index in [1.807, 2.05) is 0 Å². The monoisotopic (exact) mass is 111 g/mol. The smallest absolute Gasteiger partial charge is 0.0281 e. The molecule has 1 heteroatoms. The Morgan fingerprint density at radius 2 is 2.00 bits per heavy atom. The molecule has 0 aromatic heterocycles. The van der Waals surface area contributed by atoms with Gasteiger partial charge in [-0.05, 0) is 11.3 Å². The van der Waals surface area contributed by atoms with Gasteiger partial charge in [-0.25, -0.2) is 0 Å². The molecule has 1 N–H and O–H groups in total. The first-order chi connectivity index (χ1) is 3.64. The highest BCUT2D eigenvalue weighted by Crippen LogP contribution is 2.54. The van der Waals surface area contributed by atoms with Crippen LogP contribution in [0.3, 0.4) is 0 Å². The van der Waals surface area contributed by atoms with E-state index in [9.17, 15) is 0 Å². The third-order valence-electron chi connectivity index (χ3n) is 3.14. The summed E-state index contributed by atoms with van der Waals surface area (Å²) in [7, 11) is 0. The van der Waals surface area contributed by atoms with Crippen molar-refractivity contribution in [1.29, 1.82) is 0 Å². The van der Waals surface area contributed by atoms with Crippen LogP contribution >= 0.6 is 0 Å². The molecule has 1 saturated heterocycles. The van der Waals surface area contributed by atoms with Gasteiger partial charge < -0.3 is 5.32 Å². The van der Waals surface area contributed by atoms with Crippen LogP contribution in [0.1, 0.15) is 20.8 Å². The lowest BCUT2D eigenvalue weighted by molar-refractivity contribution is 0.147. The van der Waals surface area contributed by atoms with E-state index in [1.165, 1.54) is 0 Å². The van der Waals surface area contributed by atoms with Crippen molar-refractivity contribution in [3.63, 3.8) is 0 Å². The molecule has 1 saturated carbocycles. The van der Waals surface area contributed by atoms with Gasteiger partial charge in [0.1, 0.15) is 0 Å². The summed E-state index contributed by atoms with van der Waals surface area (Å²) in [5, 5.41) is 3.45. The fraction of sp³-hybridized carbons (Fsp3) is 1.00. The van der Waals surface area contributed by atoms with Crippen molar-refractivity contribution in [2.75, 3.05) is 0 Å². The van der Waals surface area contributed by atoms with Crippen LogP contribution in [0.2, 0.25) is 0 Å². The van der Waals surface area contributed by atoms with Gasteiger partial charge in [0.15, 0.2) is 0 Å². The largest absolute Gasteiger partial charge is 0.307 e. The van der Waals surface area contributed by atoms with E-state index >= 15 is 0 Å². The van der Waals surface area contributed by atoms with Gasteiger partial charge in [-0.3, -0.25) is 0 Å². The molecule has 0 amide bonds. The molecular formula is C7H13N. The first kappa shape index (κ1) is 4.80. The summed E-state index contributed by atoms with van der Waals surface area (Å²) in [6.07, 6.45) is 0. The highest BCUT2D eigenvalue weighted by Gasteiger charge is 2.64. The first-order valence-electron chi connectivity index (χ1n) is 3.40. The molecule has 3 atom stereocenters. The average Bonchev–Trinajstić information content (AvgIpc) is 2.40. The summed E-state index contributed by atoms with van der Waals surface area (Å²) in [6.45, 7) is 7.03. The second-order valence-corrected chi connectivity index (χ2v) is 3.78. The third kappa shape index (κ3) is 0.304. The van der Waals surface area contributed by atoms with E-state index in [1.54, 1.807) is 0 Å². The summed E-state index contributed by atoms with van der Waals surface area (Å²) >= 11 is 0. The van der Waals surface area contributed by atoms with Gasteiger partial charge in [-0.1, -0.05) is 20.8 Å². The molecule has 3 unspecified atom stereocenters. The summed E-state index contributed by atoms with van der Waals surface area (Å²) < 4.78 is 0. The second-order valence-electron chi connectivity index (χ2n) is 3.78. The number of nitrogens with one attached hydrogen (secondary N) is 1. The Morgan fingerprint density at radius 3 is 2.12 bits per heavy atom. The predicted molar refractivity (Wildman–Crippen MR) is 33.7 cm³/mol. The molecule has 2 rings (SSSR count). The maximum Gasteiger partial charge on any atom is 0.0281 e. The maximum atomic E-state index is 3.45. The summed E-state index contributed by atoms with van der Waals surface area (Å²) in [4.78, 5) is 0.